The number of rotatable bonds is 6. The van der Waals surface area contributed by atoms with Gasteiger partial charge in [-0.3, -0.25) is 9.78 Å². The lowest BCUT2D eigenvalue weighted by Gasteiger charge is -2.12. The van der Waals surface area contributed by atoms with E-state index in [0.29, 0.717) is 5.56 Å². The Balaban J connectivity index is 2.09. The number of aliphatic hydroxyl groups excluding tert-OH is 1. The van der Waals surface area contributed by atoms with E-state index in [1.807, 2.05) is 37.3 Å². The molecule has 0 aliphatic carbocycles. The number of aromatic nitrogens is 3. The smallest absolute Gasteiger partial charge is 0.251 e. The molecule has 7 heteroatoms. The summed E-state index contributed by atoms with van der Waals surface area (Å²) < 4.78 is 8.89. The minimum atomic E-state index is -0.611. The Morgan fingerprint density at radius 3 is 2.54 bits per heavy atom. The number of nitrogens with zero attached hydrogens (tertiary/aromatic N) is 3. The van der Waals surface area contributed by atoms with Gasteiger partial charge in [0.15, 0.2) is 0 Å². The molecule has 1 atom stereocenters. The molecular weight excluding hydrogens is 372 g/mol. The fourth-order valence-electron chi connectivity index (χ4n) is 2.80. The van der Waals surface area contributed by atoms with Gasteiger partial charge < -0.3 is 10.4 Å². The molecule has 2 heterocycles. The molecule has 1 aromatic carbocycles. The zero-order valence-electron chi connectivity index (χ0n) is 16.4. The van der Waals surface area contributed by atoms with E-state index in [0.717, 1.165) is 33.8 Å². The van der Waals surface area contributed by atoms with Crippen molar-refractivity contribution in [3.05, 3.63) is 53.3 Å². The predicted octanol–water partition coefficient (Wildman–Crippen LogP) is 3.81. The van der Waals surface area contributed by atoms with Gasteiger partial charge in [-0.1, -0.05) is 19.9 Å². The molecule has 1 amide bonds. The van der Waals surface area contributed by atoms with E-state index in [1.165, 1.54) is 11.7 Å². The van der Waals surface area contributed by atoms with Crippen LogP contribution in [0.1, 0.15) is 48.3 Å². The van der Waals surface area contributed by atoms with Crippen molar-refractivity contribution in [1.29, 1.82) is 0 Å². The molecule has 2 N–H and O–H groups in total. The third kappa shape index (κ3) is 4.61. The molecule has 0 aliphatic heterocycles. The number of amides is 1. The molecule has 3 rings (SSSR count). The van der Waals surface area contributed by atoms with Crippen molar-refractivity contribution < 1.29 is 9.90 Å². The average Bonchev–Trinajstić information content (AvgIpc) is 3.16. The van der Waals surface area contributed by atoms with E-state index in [1.54, 1.807) is 13.1 Å². The molecule has 6 nitrogen and oxygen atoms in total. The van der Waals surface area contributed by atoms with Gasteiger partial charge in [-0.2, -0.15) is 8.75 Å². The first-order valence-electron chi connectivity index (χ1n) is 9.22. The second kappa shape index (κ2) is 8.58. The number of benzene rings is 1. The van der Waals surface area contributed by atoms with E-state index in [4.69, 9.17) is 0 Å². The number of aryl methyl sites for hydroxylation is 1. The summed E-state index contributed by atoms with van der Waals surface area (Å²) in [5, 5.41) is 12.2. The Morgan fingerprint density at radius 2 is 1.89 bits per heavy atom. The van der Waals surface area contributed by atoms with Crippen LogP contribution in [-0.4, -0.2) is 37.4 Å². The van der Waals surface area contributed by atoms with Crippen molar-refractivity contribution in [2.75, 3.05) is 6.54 Å². The maximum absolute atomic E-state index is 12.7. The van der Waals surface area contributed by atoms with Crippen LogP contribution in [0.15, 0.2) is 36.5 Å². The Kier molecular flexibility index (Phi) is 6.16. The van der Waals surface area contributed by atoms with Crippen LogP contribution in [0.2, 0.25) is 0 Å². The largest absolute Gasteiger partial charge is 0.392 e. The fourth-order valence-corrected chi connectivity index (χ4v) is 3.51. The third-order valence-corrected chi connectivity index (χ3v) is 4.84. The lowest BCUT2D eigenvalue weighted by Crippen LogP contribution is -2.30. The molecule has 0 aliphatic rings. The molecule has 0 saturated heterocycles. The van der Waals surface area contributed by atoms with Crippen LogP contribution in [0.4, 0.5) is 0 Å². The van der Waals surface area contributed by atoms with E-state index in [-0.39, 0.29) is 18.4 Å². The number of pyridine rings is 1. The second-order valence-corrected chi connectivity index (χ2v) is 7.76. The Bertz CT molecular complexity index is 965. The summed E-state index contributed by atoms with van der Waals surface area (Å²) in [4.78, 5) is 17.1. The van der Waals surface area contributed by atoms with E-state index >= 15 is 0 Å². The maximum atomic E-state index is 12.7. The minimum absolute atomic E-state index is 0.191. The number of aliphatic hydroxyl groups is 1. The van der Waals surface area contributed by atoms with E-state index in [2.05, 4.69) is 32.9 Å². The molecule has 1 unspecified atom stereocenters. The first-order chi connectivity index (χ1) is 13.3. The number of carbonyl (C=O) groups excluding carboxylic acids is 1. The van der Waals surface area contributed by atoms with Gasteiger partial charge in [0.25, 0.3) is 5.91 Å². The van der Waals surface area contributed by atoms with Crippen molar-refractivity contribution in [3.8, 4) is 22.5 Å². The summed E-state index contributed by atoms with van der Waals surface area (Å²) in [6.45, 7) is 7.95. The minimum Gasteiger partial charge on any atom is -0.392 e. The topological polar surface area (TPSA) is 88.0 Å². The van der Waals surface area contributed by atoms with Gasteiger partial charge >= 0.3 is 0 Å². The van der Waals surface area contributed by atoms with Gasteiger partial charge in [0.1, 0.15) is 5.69 Å². The van der Waals surface area contributed by atoms with Gasteiger partial charge in [0, 0.05) is 29.4 Å². The van der Waals surface area contributed by atoms with Crippen LogP contribution in [0.5, 0.6) is 0 Å². The summed E-state index contributed by atoms with van der Waals surface area (Å²) >= 11 is 1.17. The molecule has 3 aromatic rings. The van der Waals surface area contributed by atoms with E-state index in [9.17, 15) is 9.90 Å². The van der Waals surface area contributed by atoms with Crippen LogP contribution < -0.4 is 5.32 Å². The van der Waals surface area contributed by atoms with Crippen LogP contribution >= 0.6 is 11.7 Å². The molecule has 0 saturated carbocycles. The molecule has 0 bridgehead atoms. The van der Waals surface area contributed by atoms with Crippen molar-refractivity contribution in [2.24, 2.45) is 0 Å². The SMILES string of the molecule is Cc1ccc(-c2cc(C(=O)NCC(C)O)cc(-c3nsnc3C(C)C)c2)nc1. The fraction of sp³-hybridized carbons (Fsp3) is 0.333. The highest BCUT2D eigenvalue weighted by molar-refractivity contribution is 6.99. The van der Waals surface area contributed by atoms with Crippen LogP contribution in [0.25, 0.3) is 22.5 Å². The Morgan fingerprint density at radius 1 is 1.14 bits per heavy atom. The zero-order chi connectivity index (χ0) is 20.3. The third-order valence-electron chi connectivity index (χ3n) is 4.29. The number of hydrogen-bond acceptors (Lipinski definition) is 6. The van der Waals surface area contributed by atoms with Gasteiger partial charge in [-0.05, 0) is 49.6 Å². The predicted molar refractivity (Wildman–Crippen MR) is 111 cm³/mol. The highest BCUT2D eigenvalue weighted by Gasteiger charge is 2.18. The summed E-state index contributed by atoms with van der Waals surface area (Å²) in [7, 11) is 0. The molecule has 2 aromatic heterocycles. The summed E-state index contributed by atoms with van der Waals surface area (Å²) in [5.74, 6) is -0.0205. The highest BCUT2D eigenvalue weighted by Crippen LogP contribution is 2.31. The average molecular weight is 397 g/mol. The van der Waals surface area contributed by atoms with Gasteiger partial charge in [0.2, 0.25) is 0 Å². The monoisotopic (exact) mass is 396 g/mol. The first kappa shape index (κ1) is 20.1. The first-order valence-corrected chi connectivity index (χ1v) is 9.95. The number of hydrogen-bond donors (Lipinski definition) is 2. The summed E-state index contributed by atoms with van der Waals surface area (Å²) in [6.07, 6.45) is 1.19. The maximum Gasteiger partial charge on any atom is 0.251 e. The molecule has 0 fully saturated rings. The lowest BCUT2D eigenvalue weighted by atomic mass is 9.97. The van der Waals surface area contributed by atoms with Crippen LogP contribution in [-0.2, 0) is 0 Å². The Labute approximate surface area is 169 Å². The molecular formula is C21H24N4O2S. The summed E-state index contributed by atoms with van der Waals surface area (Å²) in [5.41, 5.74) is 5.72. The van der Waals surface area contributed by atoms with Crippen LogP contribution in [0, 0.1) is 6.92 Å². The Hall–Kier alpha value is -2.64. The highest BCUT2D eigenvalue weighted by atomic mass is 32.1. The lowest BCUT2D eigenvalue weighted by molar-refractivity contribution is 0.0924. The normalized spacial score (nSPS) is 12.2. The van der Waals surface area contributed by atoms with Gasteiger partial charge in [-0.25, -0.2) is 0 Å². The van der Waals surface area contributed by atoms with Gasteiger partial charge in [0.05, 0.1) is 29.2 Å². The number of carbonyl (C=O) groups is 1. The standard InChI is InChI=1S/C21H24N4O2S/c1-12(2)19-20(25-28-24-19)16-7-15(18-6-5-13(3)10-22-18)8-17(9-16)21(27)23-11-14(4)26/h5-10,12,14,26H,11H2,1-4H3,(H,23,27). The molecule has 0 radical (unpaired) electrons. The summed E-state index contributed by atoms with van der Waals surface area (Å²) in [6, 6.07) is 9.55. The van der Waals surface area contributed by atoms with Crippen LogP contribution in [0.3, 0.4) is 0 Å². The van der Waals surface area contributed by atoms with Crippen molar-refractivity contribution in [3.63, 3.8) is 0 Å². The van der Waals surface area contributed by atoms with Crippen molar-refractivity contribution >= 4 is 17.6 Å². The van der Waals surface area contributed by atoms with Gasteiger partial charge in [-0.15, -0.1) is 0 Å². The van der Waals surface area contributed by atoms with E-state index < -0.39 is 6.10 Å². The zero-order valence-corrected chi connectivity index (χ0v) is 17.2. The molecule has 0 spiro atoms. The quantitative estimate of drug-likeness (QED) is 0.661. The second-order valence-electron chi connectivity index (χ2n) is 7.23. The molecule has 146 valence electrons. The van der Waals surface area contributed by atoms with Crippen molar-refractivity contribution in [2.45, 2.75) is 39.7 Å². The molecule has 28 heavy (non-hydrogen) atoms. The number of nitrogens with one attached hydrogen (secondary N) is 1. The van der Waals surface area contributed by atoms with Crippen molar-refractivity contribution in [1.82, 2.24) is 19.0 Å².